The van der Waals surface area contributed by atoms with Crippen LogP contribution in [0.2, 0.25) is 0 Å². The molecule has 0 aliphatic carbocycles. The zero-order chi connectivity index (χ0) is 12.5. The highest BCUT2D eigenvalue weighted by Crippen LogP contribution is 2.38. The van der Waals surface area contributed by atoms with Gasteiger partial charge in [0.1, 0.15) is 0 Å². The number of aromatic nitrogens is 3. The molecule has 0 amide bonds. The number of anilines is 1. The second-order valence-corrected chi connectivity index (χ2v) is 4.94. The van der Waals surface area contributed by atoms with Crippen LogP contribution in [0.3, 0.4) is 0 Å². The summed E-state index contributed by atoms with van der Waals surface area (Å²) in [5.74, 6) is 0.518. The van der Waals surface area contributed by atoms with Gasteiger partial charge in [0.15, 0.2) is 5.82 Å². The van der Waals surface area contributed by atoms with Gasteiger partial charge in [-0.15, -0.1) is 11.3 Å². The zero-order valence-corrected chi connectivity index (χ0v) is 10.7. The first kappa shape index (κ1) is 11.0. The fourth-order valence-electron chi connectivity index (χ4n) is 1.96. The van der Waals surface area contributed by atoms with Crippen LogP contribution in [-0.4, -0.2) is 15.2 Å². The van der Waals surface area contributed by atoms with Gasteiger partial charge >= 0.3 is 0 Å². The summed E-state index contributed by atoms with van der Waals surface area (Å²) in [6.45, 7) is 2.08. The van der Waals surface area contributed by atoms with Crippen LogP contribution in [0.1, 0.15) is 5.56 Å². The van der Waals surface area contributed by atoms with Gasteiger partial charge in [-0.2, -0.15) is 5.10 Å². The predicted octanol–water partition coefficient (Wildman–Crippen LogP) is 3.09. The topological polar surface area (TPSA) is 67.6 Å². The van der Waals surface area contributed by atoms with Crippen molar-refractivity contribution in [3.63, 3.8) is 0 Å². The molecular formula is C13H12N4S. The minimum atomic E-state index is 0.518. The maximum atomic E-state index is 5.97. The number of hydrogen-bond donors (Lipinski definition) is 2. The van der Waals surface area contributed by atoms with Gasteiger partial charge in [-0.1, -0.05) is 0 Å². The Balaban J connectivity index is 2.22. The number of nitrogen functional groups attached to an aromatic ring is 1. The summed E-state index contributed by atoms with van der Waals surface area (Å²) in [6.07, 6.45) is 3.51. The highest BCUT2D eigenvalue weighted by Gasteiger charge is 2.16. The largest absolute Gasteiger partial charge is 0.382 e. The van der Waals surface area contributed by atoms with Crippen LogP contribution in [0.25, 0.3) is 21.7 Å². The molecule has 90 valence electrons. The van der Waals surface area contributed by atoms with Gasteiger partial charge < -0.3 is 5.73 Å². The molecule has 3 N–H and O–H groups in total. The number of rotatable bonds is 2. The van der Waals surface area contributed by atoms with Crippen LogP contribution >= 0.6 is 11.3 Å². The Morgan fingerprint density at radius 2 is 2.00 bits per heavy atom. The molecule has 0 unspecified atom stereocenters. The van der Waals surface area contributed by atoms with Crippen molar-refractivity contribution in [2.75, 3.05) is 5.73 Å². The number of hydrogen-bond acceptors (Lipinski definition) is 4. The lowest BCUT2D eigenvalue weighted by atomic mass is 10.0. The van der Waals surface area contributed by atoms with Crippen LogP contribution in [0.5, 0.6) is 0 Å². The summed E-state index contributed by atoms with van der Waals surface area (Å²) in [7, 11) is 0. The van der Waals surface area contributed by atoms with E-state index in [2.05, 4.69) is 33.6 Å². The Morgan fingerprint density at radius 1 is 1.22 bits per heavy atom. The van der Waals surface area contributed by atoms with E-state index in [1.165, 1.54) is 10.4 Å². The van der Waals surface area contributed by atoms with E-state index >= 15 is 0 Å². The van der Waals surface area contributed by atoms with Crippen LogP contribution < -0.4 is 5.73 Å². The number of nitrogens with one attached hydrogen (secondary N) is 1. The summed E-state index contributed by atoms with van der Waals surface area (Å²) in [5, 5.41) is 9.23. The molecule has 0 aliphatic heterocycles. The molecule has 3 heterocycles. The van der Waals surface area contributed by atoms with Gasteiger partial charge in [-0.3, -0.25) is 10.1 Å². The van der Waals surface area contributed by atoms with Crippen molar-refractivity contribution in [2.45, 2.75) is 6.92 Å². The van der Waals surface area contributed by atoms with Crippen molar-refractivity contribution in [3.05, 3.63) is 41.5 Å². The van der Waals surface area contributed by atoms with Crippen LogP contribution in [0.4, 0.5) is 5.82 Å². The Bertz CT molecular complexity index is 669. The van der Waals surface area contributed by atoms with Gasteiger partial charge in [0.05, 0.1) is 16.1 Å². The smallest absolute Gasteiger partial charge is 0.153 e. The van der Waals surface area contributed by atoms with Crippen molar-refractivity contribution in [1.82, 2.24) is 15.2 Å². The number of aromatic amines is 1. The summed E-state index contributed by atoms with van der Waals surface area (Å²) < 4.78 is 0. The fourth-order valence-corrected chi connectivity index (χ4v) is 2.89. The van der Waals surface area contributed by atoms with Crippen LogP contribution in [0, 0.1) is 6.92 Å². The average molecular weight is 256 g/mol. The third-order valence-electron chi connectivity index (χ3n) is 2.85. The van der Waals surface area contributed by atoms with E-state index in [4.69, 9.17) is 5.73 Å². The van der Waals surface area contributed by atoms with Gasteiger partial charge in [-0.25, -0.2) is 0 Å². The Hall–Kier alpha value is -2.14. The average Bonchev–Trinajstić information content (AvgIpc) is 2.96. The minimum absolute atomic E-state index is 0.518. The molecule has 4 nitrogen and oxygen atoms in total. The van der Waals surface area contributed by atoms with E-state index in [0.29, 0.717) is 5.82 Å². The van der Waals surface area contributed by atoms with Crippen molar-refractivity contribution < 1.29 is 0 Å². The van der Waals surface area contributed by atoms with Crippen molar-refractivity contribution >= 4 is 17.2 Å². The molecule has 0 atom stereocenters. The molecule has 3 aromatic heterocycles. The Kier molecular flexibility index (Phi) is 2.60. The number of nitrogens with two attached hydrogens (primary N) is 1. The summed E-state index contributed by atoms with van der Waals surface area (Å²) in [5.41, 5.74) is 10.1. The number of nitrogens with zero attached hydrogens (tertiary/aromatic N) is 2. The molecule has 3 aromatic rings. The first-order chi connectivity index (χ1) is 8.77. The van der Waals surface area contributed by atoms with Gasteiger partial charge in [0.25, 0.3) is 0 Å². The molecular weight excluding hydrogens is 244 g/mol. The molecule has 0 spiro atoms. The lowest BCUT2D eigenvalue weighted by Crippen LogP contribution is -1.88. The maximum Gasteiger partial charge on any atom is 0.153 e. The van der Waals surface area contributed by atoms with E-state index in [1.54, 1.807) is 23.7 Å². The first-order valence-corrected chi connectivity index (χ1v) is 6.44. The number of pyridine rings is 1. The van der Waals surface area contributed by atoms with Gasteiger partial charge in [0, 0.05) is 12.4 Å². The first-order valence-electron chi connectivity index (χ1n) is 5.56. The van der Waals surface area contributed by atoms with Crippen LogP contribution in [-0.2, 0) is 0 Å². The number of aryl methyl sites for hydroxylation is 1. The third-order valence-corrected chi connectivity index (χ3v) is 3.89. The van der Waals surface area contributed by atoms with E-state index in [1.807, 2.05) is 12.1 Å². The maximum absolute atomic E-state index is 5.97. The number of H-pyrrole nitrogens is 1. The Labute approximate surface area is 109 Å². The normalized spacial score (nSPS) is 10.7. The summed E-state index contributed by atoms with van der Waals surface area (Å²) >= 11 is 1.68. The van der Waals surface area contributed by atoms with E-state index < -0.39 is 0 Å². The summed E-state index contributed by atoms with van der Waals surface area (Å²) in [6, 6.07) is 5.97. The number of thiophene rings is 1. The molecule has 0 aliphatic rings. The van der Waals surface area contributed by atoms with E-state index in [9.17, 15) is 0 Å². The molecule has 18 heavy (non-hydrogen) atoms. The van der Waals surface area contributed by atoms with E-state index in [-0.39, 0.29) is 0 Å². The molecule has 0 radical (unpaired) electrons. The zero-order valence-electron chi connectivity index (χ0n) is 9.84. The lowest BCUT2D eigenvalue weighted by Gasteiger charge is -2.03. The lowest BCUT2D eigenvalue weighted by molar-refractivity contribution is 1.10. The minimum Gasteiger partial charge on any atom is -0.382 e. The summed E-state index contributed by atoms with van der Waals surface area (Å²) in [4.78, 5) is 5.20. The standard InChI is InChI=1S/C13H12N4S/c1-8-4-7-18-12(8)11-10(13(14)17-16-11)9-2-5-15-6-3-9/h2-7H,1H3,(H3,14,16,17). The van der Waals surface area contributed by atoms with Crippen molar-refractivity contribution in [2.24, 2.45) is 0 Å². The molecule has 5 heteroatoms. The molecule has 0 bridgehead atoms. The van der Waals surface area contributed by atoms with Crippen molar-refractivity contribution in [3.8, 4) is 21.7 Å². The second-order valence-electron chi connectivity index (χ2n) is 4.03. The highest BCUT2D eigenvalue weighted by molar-refractivity contribution is 7.13. The van der Waals surface area contributed by atoms with Crippen molar-refractivity contribution in [1.29, 1.82) is 0 Å². The molecule has 0 aromatic carbocycles. The monoisotopic (exact) mass is 256 g/mol. The third kappa shape index (κ3) is 1.69. The second kappa shape index (κ2) is 4.27. The van der Waals surface area contributed by atoms with Gasteiger partial charge in [-0.05, 0) is 41.6 Å². The molecule has 0 saturated carbocycles. The van der Waals surface area contributed by atoms with E-state index in [0.717, 1.165) is 16.8 Å². The highest BCUT2D eigenvalue weighted by atomic mass is 32.1. The molecule has 3 rings (SSSR count). The Morgan fingerprint density at radius 3 is 2.67 bits per heavy atom. The molecule has 0 saturated heterocycles. The fraction of sp³-hybridized carbons (Fsp3) is 0.0769. The quantitative estimate of drug-likeness (QED) is 0.740. The SMILES string of the molecule is Cc1ccsc1-c1[nH]nc(N)c1-c1ccncc1. The van der Waals surface area contributed by atoms with Crippen LogP contribution in [0.15, 0.2) is 36.0 Å². The van der Waals surface area contributed by atoms with Gasteiger partial charge in [0.2, 0.25) is 0 Å². The predicted molar refractivity (Wildman–Crippen MR) is 74.3 cm³/mol. The molecule has 0 fully saturated rings.